The summed E-state index contributed by atoms with van der Waals surface area (Å²) in [6.45, 7) is 0. The Bertz CT molecular complexity index is 646. The molecule has 0 heterocycles. The fourth-order valence-corrected chi connectivity index (χ4v) is 1.93. The fourth-order valence-electron chi connectivity index (χ4n) is 1.50. The number of hydrogen-bond acceptors (Lipinski definition) is 3. The molecule has 4 nitrogen and oxygen atoms in total. The second kappa shape index (κ2) is 5.27. The van der Waals surface area contributed by atoms with Crippen molar-refractivity contribution in [2.45, 2.75) is 0 Å². The first-order chi connectivity index (χ1) is 8.99. The maximum absolute atomic E-state index is 12.9. The molecular formula is C13H9BrFNO3. The van der Waals surface area contributed by atoms with E-state index in [9.17, 15) is 9.18 Å². The minimum Gasteiger partial charge on any atom is -0.478 e. The Balaban J connectivity index is 2.38. The molecule has 0 aliphatic carbocycles. The molecule has 98 valence electrons. The van der Waals surface area contributed by atoms with E-state index in [1.807, 2.05) is 0 Å². The van der Waals surface area contributed by atoms with Gasteiger partial charge < -0.3 is 15.6 Å². The summed E-state index contributed by atoms with van der Waals surface area (Å²) in [4.78, 5) is 10.9. The van der Waals surface area contributed by atoms with Crippen molar-refractivity contribution < 1.29 is 19.0 Å². The number of carboxylic acids is 1. The fraction of sp³-hybridized carbons (Fsp3) is 0. The molecule has 0 bridgehead atoms. The van der Waals surface area contributed by atoms with Gasteiger partial charge in [-0.15, -0.1) is 0 Å². The molecule has 3 N–H and O–H groups in total. The highest BCUT2D eigenvalue weighted by Crippen LogP contribution is 2.34. The maximum Gasteiger partial charge on any atom is 0.337 e. The molecule has 0 fully saturated rings. The van der Waals surface area contributed by atoms with Gasteiger partial charge in [0, 0.05) is 0 Å². The van der Waals surface area contributed by atoms with Gasteiger partial charge in [0.15, 0.2) is 5.75 Å². The van der Waals surface area contributed by atoms with Crippen molar-refractivity contribution in [2.75, 3.05) is 5.73 Å². The summed E-state index contributed by atoms with van der Waals surface area (Å²) in [5, 5.41) is 8.95. The first kappa shape index (κ1) is 13.4. The predicted octanol–water partition coefficient (Wildman–Crippen LogP) is 3.66. The van der Waals surface area contributed by atoms with E-state index >= 15 is 0 Å². The third kappa shape index (κ3) is 2.85. The third-order valence-electron chi connectivity index (χ3n) is 2.41. The quantitative estimate of drug-likeness (QED) is 0.844. The van der Waals surface area contributed by atoms with Crippen LogP contribution >= 0.6 is 15.9 Å². The number of carbonyl (C=O) groups is 1. The van der Waals surface area contributed by atoms with Crippen molar-refractivity contribution in [3.8, 4) is 11.5 Å². The van der Waals surface area contributed by atoms with Crippen molar-refractivity contribution >= 4 is 27.6 Å². The smallest absolute Gasteiger partial charge is 0.337 e. The lowest BCUT2D eigenvalue weighted by molar-refractivity contribution is 0.0697. The average molecular weight is 326 g/mol. The van der Waals surface area contributed by atoms with Gasteiger partial charge in [-0.05, 0) is 46.3 Å². The van der Waals surface area contributed by atoms with E-state index in [4.69, 9.17) is 15.6 Å². The van der Waals surface area contributed by atoms with E-state index in [1.165, 1.54) is 36.4 Å². The van der Waals surface area contributed by atoms with Gasteiger partial charge in [-0.25, -0.2) is 9.18 Å². The SMILES string of the molecule is Nc1c(Oc2ccc(F)cc2Br)cccc1C(=O)O. The minimum atomic E-state index is -1.14. The number of benzene rings is 2. The molecule has 0 spiro atoms. The van der Waals surface area contributed by atoms with Crippen molar-refractivity contribution in [1.82, 2.24) is 0 Å². The molecule has 0 unspecified atom stereocenters. The van der Waals surface area contributed by atoms with Crippen LogP contribution in [-0.2, 0) is 0 Å². The van der Waals surface area contributed by atoms with Gasteiger partial charge in [0.2, 0.25) is 0 Å². The van der Waals surface area contributed by atoms with Crippen LogP contribution in [0.2, 0.25) is 0 Å². The number of hydrogen-bond donors (Lipinski definition) is 2. The molecule has 0 amide bonds. The highest BCUT2D eigenvalue weighted by atomic mass is 79.9. The number of halogens is 2. The molecule has 0 saturated carbocycles. The van der Waals surface area contributed by atoms with Crippen LogP contribution in [0.1, 0.15) is 10.4 Å². The summed E-state index contributed by atoms with van der Waals surface area (Å²) in [6.07, 6.45) is 0. The zero-order chi connectivity index (χ0) is 14.0. The second-order valence-electron chi connectivity index (χ2n) is 3.70. The molecule has 2 aromatic carbocycles. The third-order valence-corrected chi connectivity index (χ3v) is 3.03. The number of rotatable bonds is 3. The number of nitrogens with two attached hydrogens (primary N) is 1. The molecule has 2 rings (SSSR count). The molecule has 0 radical (unpaired) electrons. The van der Waals surface area contributed by atoms with E-state index in [0.29, 0.717) is 10.2 Å². The highest BCUT2D eigenvalue weighted by Gasteiger charge is 2.13. The van der Waals surface area contributed by atoms with Crippen LogP contribution < -0.4 is 10.5 Å². The first-order valence-electron chi connectivity index (χ1n) is 5.23. The summed E-state index contributed by atoms with van der Waals surface area (Å²) < 4.78 is 18.8. The molecule has 0 saturated heterocycles. The molecule has 0 atom stereocenters. The zero-order valence-electron chi connectivity index (χ0n) is 9.56. The summed E-state index contributed by atoms with van der Waals surface area (Å²) >= 11 is 3.15. The minimum absolute atomic E-state index is 0.0197. The normalized spacial score (nSPS) is 10.2. The Labute approximate surface area is 116 Å². The van der Waals surface area contributed by atoms with Gasteiger partial charge in [-0.2, -0.15) is 0 Å². The molecule has 6 heteroatoms. The van der Waals surface area contributed by atoms with Gasteiger partial charge in [-0.1, -0.05) is 6.07 Å². The first-order valence-corrected chi connectivity index (χ1v) is 6.03. The second-order valence-corrected chi connectivity index (χ2v) is 4.55. The number of aromatic carboxylic acids is 1. The van der Waals surface area contributed by atoms with E-state index in [-0.39, 0.29) is 17.0 Å². The van der Waals surface area contributed by atoms with Crippen molar-refractivity contribution in [3.05, 3.63) is 52.3 Å². The summed E-state index contributed by atoms with van der Waals surface area (Å²) in [7, 11) is 0. The van der Waals surface area contributed by atoms with Crippen LogP contribution in [0.25, 0.3) is 0 Å². The summed E-state index contributed by atoms with van der Waals surface area (Å²) in [6, 6.07) is 8.34. The molecule has 2 aromatic rings. The summed E-state index contributed by atoms with van der Waals surface area (Å²) in [5.41, 5.74) is 5.69. The topological polar surface area (TPSA) is 72.5 Å². The number of carboxylic acid groups (broad SMARTS) is 1. The van der Waals surface area contributed by atoms with Crippen LogP contribution in [0.3, 0.4) is 0 Å². The van der Waals surface area contributed by atoms with E-state index < -0.39 is 11.8 Å². The van der Waals surface area contributed by atoms with Crippen LogP contribution in [0, 0.1) is 5.82 Å². The van der Waals surface area contributed by atoms with Crippen molar-refractivity contribution in [3.63, 3.8) is 0 Å². The van der Waals surface area contributed by atoms with Gasteiger partial charge >= 0.3 is 5.97 Å². The molecule has 19 heavy (non-hydrogen) atoms. The van der Waals surface area contributed by atoms with E-state index in [2.05, 4.69) is 15.9 Å². The zero-order valence-corrected chi connectivity index (χ0v) is 11.1. The molecule has 0 aliphatic rings. The largest absolute Gasteiger partial charge is 0.478 e. The highest BCUT2D eigenvalue weighted by molar-refractivity contribution is 9.10. The van der Waals surface area contributed by atoms with E-state index in [1.54, 1.807) is 0 Å². The Kier molecular flexibility index (Phi) is 3.71. The van der Waals surface area contributed by atoms with Gasteiger partial charge in [0.05, 0.1) is 15.7 Å². The van der Waals surface area contributed by atoms with Gasteiger partial charge in [0.1, 0.15) is 11.6 Å². The lowest BCUT2D eigenvalue weighted by Crippen LogP contribution is -2.03. The van der Waals surface area contributed by atoms with Crippen LogP contribution in [0.15, 0.2) is 40.9 Å². The van der Waals surface area contributed by atoms with Gasteiger partial charge in [0.25, 0.3) is 0 Å². The summed E-state index contributed by atoms with van der Waals surface area (Å²) in [5.74, 6) is -1.00. The van der Waals surface area contributed by atoms with E-state index in [0.717, 1.165) is 0 Å². The molecule has 0 aromatic heterocycles. The predicted molar refractivity (Wildman–Crippen MR) is 72.0 cm³/mol. The van der Waals surface area contributed by atoms with Gasteiger partial charge in [-0.3, -0.25) is 0 Å². The maximum atomic E-state index is 12.9. The van der Waals surface area contributed by atoms with Crippen LogP contribution in [0.5, 0.6) is 11.5 Å². The Morgan fingerprint density at radius 1 is 1.26 bits per heavy atom. The average Bonchev–Trinajstić information content (AvgIpc) is 2.34. The Hall–Kier alpha value is -2.08. The lowest BCUT2D eigenvalue weighted by atomic mass is 10.1. The molecular weight excluding hydrogens is 317 g/mol. The van der Waals surface area contributed by atoms with Crippen LogP contribution in [0.4, 0.5) is 10.1 Å². The Morgan fingerprint density at radius 3 is 2.63 bits per heavy atom. The number of ether oxygens (including phenoxy) is 1. The lowest BCUT2D eigenvalue weighted by Gasteiger charge is -2.11. The monoisotopic (exact) mass is 325 g/mol. The number of para-hydroxylation sites is 1. The Morgan fingerprint density at radius 2 is 2.00 bits per heavy atom. The number of nitrogen functional groups attached to an aromatic ring is 1. The van der Waals surface area contributed by atoms with Crippen molar-refractivity contribution in [2.24, 2.45) is 0 Å². The number of anilines is 1. The van der Waals surface area contributed by atoms with Crippen molar-refractivity contribution in [1.29, 1.82) is 0 Å². The molecule has 0 aliphatic heterocycles. The van der Waals surface area contributed by atoms with Crippen LogP contribution in [-0.4, -0.2) is 11.1 Å². The standard InChI is InChI=1S/C13H9BrFNO3/c14-9-6-7(15)4-5-10(9)19-11-3-1-2-8(12(11)16)13(17)18/h1-6H,16H2,(H,17,18).